The summed E-state index contributed by atoms with van der Waals surface area (Å²) in [5.74, 6) is 0.613. The van der Waals surface area contributed by atoms with Crippen LogP contribution in [-0.4, -0.2) is 62.8 Å². The second-order valence-corrected chi connectivity index (χ2v) is 4.41. The van der Waals surface area contributed by atoms with Crippen molar-refractivity contribution < 1.29 is 9.47 Å². The van der Waals surface area contributed by atoms with Crippen LogP contribution in [0.25, 0.3) is 0 Å². The van der Waals surface area contributed by atoms with E-state index in [1.165, 1.54) is 19.4 Å². The molecule has 92 valence electrons. The van der Waals surface area contributed by atoms with Crippen LogP contribution < -0.4 is 5.73 Å². The van der Waals surface area contributed by atoms with Crippen LogP contribution in [0.2, 0.25) is 0 Å². The Kier molecular flexibility index (Phi) is 4.15. The third-order valence-corrected chi connectivity index (χ3v) is 3.31. The van der Waals surface area contributed by atoms with Gasteiger partial charge in [0.1, 0.15) is 11.9 Å². The van der Waals surface area contributed by atoms with Gasteiger partial charge in [0, 0.05) is 19.7 Å². The molecule has 0 aliphatic carbocycles. The van der Waals surface area contributed by atoms with Gasteiger partial charge in [-0.1, -0.05) is 0 Å². The summed E-state index contributed by atoms with van der Waals surface area (Å²) in [4.78, 5) is 6.73. The van der Waals surface area contributed by atoms with Crippen LogP contribution in [0.1, 0.15) is 12.8 Å². The number of nitrogens with two attached hydrogens (primary N) is 1. The maximum Gasteiger partial charge on any atom is 0.127 e. The Hall–Kier alpha value is -0.650. The molecule has 0 aromatic rings. The number of morpholine rings is 1. The SMILES string of the molecule is COCCN=C(N)C1CN2CCCC2CO1. The van der Waals surface area contributed by atoms with Crippen LogP contribution in [0.5, 0.6) is 0 Å². The number of methoxy groups -OCH3 is 1. The highest BCUT2D eigenvalue weighted by molar-refractivity contribution is 5.85. The van der Waals surface area contributed by atoms with E-state index in [2.05, 4.69) is 9.89 Å². The van der Waals surface area contributed by atoms with Crippen LogP contribution in [-0.2, 0) is 9.47 Å². The second kappa shape index (κ2) is 5.61. The molecule has 2 fully saturated rings. The third-order valence-electron chi connectivity index (χ3n) is 3.31. The number of rotatable bonds is 4. The van der Waals surface area contributed by atoms with E-state index in [-0.39, 0.29) is 6.10 Å². The van der Waals surface area contributed by atoms with Gasteiger partial charge in [0.2, 0.25) is 0 Å². The molecule has 0 aromatic carbocycles. The first-order valence-corrected chi connectivity index (χ1v) is 5.95. The van der Waals surface area contributed by atoms with Gasteiger partial charge < -0.3 is 15.2 Å². The lowest BCUT2D eigenvalue weighted by atomic mass is 10.2. The van der Waals surface area contributed by atoms with E-state index < -0.39 is 0 Å². The van der Waals surface area contributed by atoms with Crippen LogP contribution in [0.3, 0.4) is 0 Å². The van der Waals surface area contributed by atoms with E-state index in [9.17, 15) is 0 Å². The van der Waals surface area contributed by atoms with Gasteiger partial charge in [-0.15, -0.1) is 0 Å². The predicted molar refractivity (Wildman–Crippen MR) is 62.7 cm³/mol. The zero-order valence-corrected chi connectivity index (χ0v) is 9.89. The van der Waals surface area contributed by atoms with Gasteiger partial charge in [-0.3, -0.25) is 9.89 Å². The predicted octanol–water partition coefficient (Wildman–Crippen LogP) is -0.147. The number of hydrogen-bond donors (Lipinski definition) is 1. The molecular weight excluding hydrogens is 206 g/mol. The molecule has 2 N–H and O–H groups in total. The molecule has 0 radical (unpaired) electrons. The van der Waals surface area contributed by atoms with E-state index in [4.69, 9.17) is 15.2 Å². The maximum absolute atomic E-state index is 5.91. The molecule has 2 aliphatic heterocycles. The van der Waals surface area contributed by atoms with E-state index in [0.29, 0.717) is 25.0 Å². The van der Waals surface area contributed by atoms with E-state index in [1.807, 2.05) is 0 Å². The van der Waals surface area contributed by atoms with Crippen LogP contribution >= 0.6 is 0 Å². The monoisotopic (exact) mass is 227 g/mol. The largest absolute Gasteiger partial charge is 0.385 e. The van der Waals surface area contributed by atoms with Crippen LogP contribution in [0.4, 0.5) is 0 Å². The van der Waals surface area contributed by atoms with E-state index in [1.54, 1.807) is 7.11 Å². The highest BCUT2D eigenvalue weighted by Crippen LogP contribution is 2.22. The summed E-state index contributed by atoms with van der Waals surface area (Å²) in [7, 11) is 1.66. The van der Waals surface area contributed by atoms with E-state index >= 15 is 0 Å². The molecule has 2 rings (SSSR count). The van der Waals surface area contributed by atoms with Gasteiger partial charge in [-0.2, -0.15) is 0 Å². The second-order valence-electron chi connectivity index (χ2n) is 4.41. The van der Waals surface area contributed by atoms with Crippen molar-refractivity contribution >= 4 is 5.84 Å². The van der Waals surface area contributed by atoms with Crippen molar-refractivity contribution in [3.63, 3.8) is 0 Å². The molecule has 0 saturated carbocycles. The minimum absolute atomic E-state index is 0.0220. The smallest absolute Gasteiger partial charge is 0.127 e. The first-order chi connectivity index (χ1) is 7.81. The number of nitrogens with zero attached hydrogens (tertiary/aromatic N) is 2. The summed E-state index contributed by atoms with van der Waals surface area (Å²) >= 11 is 0. The van der Waals surface area contributed by atoms with Crippen molar-refractivity contribution in [3.8, 4) is 0 Å². The van der Waals surface area contributed by atoms with Gasteiger partial charge in [-0.25, -0.2) is 0 Å². The zero-order valence-electron chi connectivity index (χ0n) is 9.89. The summed E-state index contributed by atoms with van der Waals surface area (Å²) in [6.45, 7) is 4.10. The normalized spacial score (nSPS) is 31.7. The summed E-state index contributed by atoms with van der Waals surface area (Å²) in [5, 5.41) is 0. The molecule has 0 amide bonds. The van der Waals surface area contributed by atoms with Gasteiger partial charge in [-0.05, 0) is 19.4 Å². The van der Waals surface area contributed by atoms with Crippen molar-refractivity contribution in [3.05, 3.63) is 0 Å². The van der Waals surface area contributed by atoms with Crippen molar-refractivity contribution in [1.29, 1.82) is 0 Å². The molecule has 2 heterocycles. The van der Waals surface area contributed by atoms with Crippen molar-refractivity contribution in [1.82, 2.24) is 4.90 Å². The van der Waals surface area contributed by atoms with Gasteiger partial charge in [0.15, 0.2) is 0 Å². The molecule has 2 unspecified atom stereocenters. The number of aliphatic imine (C=N–C) groups is 1. The highest BCUT2D eigenvalue weighted by atomic mass is 16.5. The molecule has 2 saturated heterocycles. The van der Waals surface area contributed by atoms with Gasteiger partial charge >= 0.3 is 0 Å². The Balaban J connectivity index is 1.83. The first kappa shape index (κ1) is 11.8. The molecule has 2 aliphatic rings. The minimum Gasteiger partial charge on any atom is -0.385 e. The lowest BCUT2D eigenvalue weighted by Crippen LogP contribution is -2.51. The first-order valence-electron chi connectivity index (χ1n) is 5.95. The topological polar surface area (TPSA) is 60.1 Å². The van der Waals surface area contributed by atoms with Crippen molar-refractivity contribution in [2.45, 2.75) is 25.0 Å². The fraction of sp³-hybridized carbons (Fsp3) is 0.909. The third kappa shape index (κ3) is 2.72. The fourth-order valence-corrected chi connectivity index (χ4v) is 2.36. The molecule has 5 heteroatoms. The molecule has 2 atom stereocenters. The molecule has 0 aromatic heterocycles. The number of amidine groups is 1. The summed E-state index contributed by atoms with van der Waals surface area (Å²) in [6, 6.07) is 0.614. The molecule has 0 spiro atoms. The summed E-state index contributed by atoms with van der Waals surface area (Å²) < 4.78 is 10.7. The van der Waals surface area contributed by atoms with E-state index in [0.717, 1.165) is 13.2 Å². The standard InChI is InChI=1S/C11H21N3O2/c1-15-6-4-13-11(12)10-7-14-5-2-3-9(14)8-16-10/h9-10H,2-8H2,1H3,(H2,12,13). The zero-order chi connectivity index (χ0) is 11.4. The Morgan fingerprint density at radius 2 is 2.50 bits per heavy atom. The fourth-order valence-electron chi connectivity index (χ4n) is 2.36. The molecule has 5 nitrogen and oxygen atoms in total. The van der Waals surface area contributed by atoms with Crippen LogP contribution in [0, 0.1) is 0 Å². The average molecular weight is 227 g/mol. The Morgan fingerprint density at radius 1 is 1.62 bits per heavy atom. The Morgan fingerprint density at radius 3 is 3.31 bits per heavy atom. The van der Waals surface area contributed by atoms with Crippen molar-refractivity contribution in [2.24, 2.45) is 10.7 Å². The summed E-state index contributed by atoms with van der Waals surface area (Å²) in [6.07, 6.45) is 2.51. The quantitative estimate of drug-likeness (QED) is 0.412. The van der Waals surface area contributed by atoms with Crippen molar-refractivity contribution in [2.75, 3.05) is 40.0 Å². The number of hydrogen-bond acceptors (Lipinski definition) is 4. The van der Waals surface area contributed by atoms with Crippen LogP contribution in [0.15, 0.2) is 4.99 Å². The molecular formula is C11H21N3O2. The Bertz CT molecular complexity index is 258. The van der Waals surface area contributed by atoms with Gasteiger partial charge in [0.05, 0.1) is 19.8 Å². The maximum atomic E-state index is 5.91. The van der Waals surface area contributed by atoms with Gasteiger partial charge in [0.25, 0.3) is 0 Å². The lowest BCUT2D eigenvalue weighted by Gasteiger charge is -2.34. The number of fused-ring (bicyclic) bond motifs is 1. The molecule has 0 bridgehead atoms. The average Bonchev–Trinajstić information content (AvgIpc) is 2.76. The minimum atomic E-state index is -0.0220. The summed E-state index contributed by atoms with van der Waals surface area (Å²) in [5.41, 5.74) is 5.91. The lowest BCUT2D eigenvalue weighted by molar-refractivity contribution is -0.0167. The molecule has 16 heavy (non-hydrogen) atoms. The highest BCUT2D eigenvalue weighted by Gasteiger charge is 2.33. The Labute approximate surface area is 96.6 Å². The number of ether oxygens (including phenoxy) is 2.